The zero-order valence-electron chi connectivity index (χ0n) is 14.5. The molecule has 7 nitrogen and oxygen atoms in total. The number of urea groups is 1. The van der Waals surface area contributed by atoms with E-state index in [1.807, 2.05) is 38.1 Å². The molecule has 2 amide bonds. The quantitative estimate of drug-likeness (QED) is 0.673. The maximum Gasteiger partial charge on any atom is 0.321 e. The van der Waals surface area contributed by atoms with Crippen LogP contribution in [0.2, 0.25) is 5.02 Å². The lowest BCUT2D eigenvalue weighted by Gasteiger charge is -2.03. The fourth-order valence-corrected chi connectivity index (χ4v) is 3.56. The van der Waals surface area contributed by atoms with Crippen molar-refractivity contribution in [2.45, 2.75) is 33.4 Å². The summed E-state index contributed by atoms with van der Waals surface area (Å²) in [6.45, 7) is 4.89. The van der Waals surface area contributed by atoms with Crippen LogP contribution in [-0.2, 0) is 19.5 Å². The van der Waals surface area contributed by atoms with Crippen molar-refractivity contribution in [1.82, 2.24) is 25.3 Å². The fraction of sp³-hybridized carbons (Fsp3) is 0.294. The number of benzene rings is 1. The largest absolute Gasteiger partial charge is 0.332 e. The Labute approximate surface area is 160 Å². The van der Waals surface area contributed by atoms with E-state index in [4.69, 9.17) is 11.6 Å². The number of hydrogen-bond acceptors (Lipinski definition) is 5. The van der Waals surface area contributed by atoms with Crippen LogP contribution in [0, 0.1) is 6.92 Å². The first-order valence-electron chi connectivity index (χ1n) is 8.18. The topological polar surface area (TPSA) is 84.7 Å². The molecular weight excluding hydrogens is 372 g/mol. The highest BCUT2D eigenvalue weighted by atomic mass is 35.5. The van der Waals surface area contributed by atoms with Gasteiger partial charge >= 0.3 is 6.03 Å². The maximum atomic E-state index is 12.1. The molecule has 3 aromatic rings. The van der Waals surface area contributed by atoms with Crippen LogP contribution in [-0.4, -0.2) is 26.0 Å². The van der Waals surface area contributed by atoms with E-state index in [-0.39, 0.29) is 6.03 Å². The average molecular weight is 391 g/mol. The average Bonchev–Trinajstić information content (AvgIpc) is 3.20. The Balaban J connectivity index is 1.57. The van der Waals surface area contributed by atoms with Gasteiger partial charge in [-0.2, -0.15) is 15.0 Å². The van der Waals surface area contributed by atoms with E-state index < -0.39 is 0 Å². The molecule has 0 spiro atoms. The molecule has 136 valence electrons. The molecule has 0 aliphatic rings. The number of rotatable bonds is 6. The Morgan fingerprint density at radius 1 is 1.38 bits per heavy atom. The highest BCUT2D eigenvalue weighted by Crippen LogP contribution is 2.26. The summed E-state index contributed by atoms with van der Waals surface area (Å²) in [6, 6.07) is 7.41. The van der Waals surface area contributed by atoms with Crippen LogP contribution < -0.4 is 10.6 Å². The molecule has 0 atom stereocenters. The van der Waals surface area contributed by atoms with Crippen LogP contribution in [0.4, 0.5) is 9.93 Å². The van der Waals surface area contributed by atoms with E-state index in [1.54, 1.807) is 11.0 Å². The minimum absolute atomic E-state index is 0.311. The molecule has 26 heavy (non-hydrogen) atoms. The van der Waals surface area contributed by atoms with Crippen LogP contribution in [0.15, 0.2) is 30.5 Å². The minimum Gasteiger partial charge on any atom is -0.332 e. The van der Waals surface area contributed by atoms with Crippen molar-refractivity contribution in [2.24, 2.45) is 0 Å². The first-order chi connectivity index (χ1) is 12.5. The minimum atomic E-state index is -0.320. The van der Waals surface area contributed by atoms with Gasteiger partial charge in [-0.1, -0.05) is 23.7 Å². The molecule has 2 N–H and O–H groups in total. The molecule has 0 saturated carbocycles. The van der Waals surface area contributed by atoms with Gasteiger partial charge in [0.05, 0.1) is 25.0 Å². The van der Waals surface area contributed by atoms with Gasteiger partial charge in [-0.05, 0) is 31.5 Å². The van der Waals surface area contributed by atoms with Crippen molar-refractivity contribution < 1.29 is 4.79 Å². The summed E-state index contributed by atoms with van der Waals surface area (Å²) >= 11 is 7.49. The number of nitrogens with zero attached hydrogens (tertiary/aromatic N) is 4. The lowest BCUT2D eigenvalue weighted by molar-refractivity contribution is 0.251. The van der Waals surface area contributed by atoms with Gasteiger partial charge in [0.15, 0.2) is 5.13 Å². The number of nitrogens with one attached hydrogen (secondary N) is 2. The molecule has 0 fully saturated rings. The predicted octanol–water partition coefficient (Wildman–Crippen LogP) is 3.63. The molecule has 0 radical (unpaired) electrons. The number of carbonyl (C=O) groups is 1. The summed E-state index contributed by atoms with van der Waals surface area (Å²) in [5, 5.41) is 15.1. The summed E-state index contributed by atoms with van der Waals surface area (Å²) in [4.78, 5) is 19.1. The van der Waals surface area contributed by atoms with Gasteiger partial charge in [-0.25, -0.2) is 9.78 Å². The molecule has 2 aromatic heterocycles. The van der Waals surface area contributed by atoms with Gasteiger partial charge in [0.25, 0.3) is 0 Å². The zero-order chi connectivity index (χ0) is 18.5. The summed E-state index contributed by atoms with van der Waals surface area (Å²) in [6.07, 6.45) is 2.37. The molecule has 1 aromatic carbocycles. The van der Waals surface area contributed by atoms with Crippen molar-refractivity contribution in [3.05, 3.63) is 57.3 Å². The van der Waals surface area contributed by atoms with Crippen molar-refractivity contribution in [3.63, 3.8) is 0 Å². The number of halogens is 1. The summed E-state index contributed by atoms with van der Waals surface area (Å²) in [5.41, 5.74) is 2.72. The predicted molar refractivity (Wildman–Crippen MR) is 103 cm³/mol. The first kappa shape index (κ1) is 18.3. The fourth-order valence-electron chi connectivity index (χ4n) is 2.36. The van der Waals surface area contributed by atoms with E-state index in [1.165, 1.54) is 11.3 Å². The molecule has 3 rings (SSSR count). The molecule has 0 aliphatic heterocycles. The lowest BCUT2D eigenvalue weighted by atomic mass is 10.1. The molecular formula is C17H19ClN6OS. The molecule has 0 aliphatic carbocycles. The Kier molecular flexibility index (Phi) is 5.85. The third-order valence-electron chi connectivity index (χ3n) is 3.66. The van der Waals surface area contributed by atoms with E-state index >= 15 is 0 Å². The van der Waals surface area contributed by atoms with Crippen molar-refractivity contribution >= 4 is 34.1 Å². The number of anilines is 1. The third-order valence-corrected chi connectivity index (χ3v) is 4.97. The summed E-state index contributed by atoms with van der Waals surface area (Å²) < 4.78 is 0. The maximum absolute atomic E-state index is 12.1. The summed E-state index contributed by atoms with van der Waals surface area (Å²) in [7, 11) is 0. The van der Waals surface area contributed by atoms with Gasteiger partial charge in [0.1, 0.15) is 5.69 Å². The second-order valence-electron chi connectivity index (χ2n) is 5.67. The third kappa shape index (κ3) is 4.80. The molecule has 9 heteroatoms. The van der Waals surface area contributed by atoms with Gasteiger partial charge in [0, 0.05) is 16.3 Å². The normalized spacial score (nSPS) is 10.7. The highest BCUT2D eigenvalue weighted by molar-refractivity contribution is 7.15. The molecule has 0 unspecified atom stereocenters. The molecule has 2 heterocycles. The lowest BCUT2D eigenvalue weighted by Crippen LogP contribution is -2.28. The highest BCUT2D eigenvalue weighted by Gasteiger charge is 2.11. The Morgan fingerprint density at radius 3 is 2.96 bits per heavy atom. The smallest absolute Gasteiger partial charge is 0.321 e. The Hall–Kier alpha value is -2.45. The van der Waals surface area contributed by atoms with Crippen LogP contribution in [0.5, 0.6) is 0 Å². The second-order valence-corrected chi connectivity index (χ2v) is 7.19. The Morgan fingerprint density at radius 2 is 2.23 bits per heavy atom. The van der Waals surface area contributed by atoms with Gasteiger partial charge in [0.2, 0.25) is 0 Å². The number of aromatic nitrogens is 4. The van der Waals surface area contributed by atoms with Gasteiger partial charge in [-0.15, -0.1) is 11.3 Å². The summed E-state index contributed by atoms with van der Waals surface area (Å²) in [5.74, 6) is 0. The number of thiazole rings is 1. The monoisotopic (exact) mass is 390 g/mol. The van der Waals surface area contributed by atoms with Crippen LogP contribution in [0.3, 0.4) is 0 Å². The number of hydrogen-bond donors (Lipinski definition) is 2. The van der Waals surface area contributed by atoms with E-state index in [0.717, 1.165) is 22.6 Å². The van der Waals surface area contributed by atoms with Crippen molar-refractivity contribution in [3.8, 4) is 0 Å². The number of aryl methyl sites for hydroxylation is 2. The Bertz CT molecular complexity index is 906. The van der Waals surface area contributed by atoms with E-state index in [2.05, 4.69) is 25.8 Å². The molecule has 0 saturated heterocycles. The van der Waals surface area contributed by atoms with Gasteiger partial charge < -0.3 is 5.32 Å². The van der Waals surface area contributed by atoms with Crippen molar-refractivity contribution in [2.75, 3.05) is 5.32 Å². The number of carbonyl (C=O) groups excluding carboxylic acids is 1. The van der Waals surface area contributed by atoms with E-state index in [9.17, 15) is 4.79 Å². The standard InChI is InChI=1S/C17H19ClN6OS/c1-3-24-20-10-14(23-24)9-19-16(25)22-17-21-11(2)15(26-17)8-12-5-4-6-13(18)7-12/h4-7,10H,3,8-9H2,1-2H3,(H2,19,21,22,25). The number of amides is 2. The van der Waals surface area contributed by atoms with Crippen LogP contribution in [0.1, 0.15) is 28.8 Å². The van der Waals surface area contributed by atoms with Crippen LogP contribution in [0.25, 0.3) is 0 Å². The zero-order valence-corrected chi connectivity index (χ0v) is 16.1. The first-order valence-corrected chi connectivity index (χ1v) is 9.37. The van der Waals surface area contributed by atoms with Crippen molar-refractivity contribution in [1.29, 1.82) is 0 Å². The van der Waals surface area contributed by atoms with E-state index in [0.29, 0.717) is 28.9 Å². The SMILES string of the molecule is CCn1ncc(CNC(=O)Nc2nc(C)c(Cc3cccc(Cl)c3)s2)n1. The van der Waals surface area contributed by atoms with Gasteiger partial charge in [-0.3, -0.25) is 5.32 Å². The molecule has 0 bridgehead atoms. The second kappa shape index (κ2) is 8.29. The van der Waals surface area contributed by atoms with Crippen LogP contribution >= 0.6 is 22.9 Å².